The fraction of sp³-hybridized carbons (Fsp3) is 0.250. The zero-order chi connectivity index (χ0) is 21.1. The van der Waals surface area contributed by atoms with Crippen LogP contribution in [0, 0.1) is 0 Å². The molecule has 7 nitrogen and oxygen atoms in total. The Morgan fingerprint density at radius 1 is 1.13 bits per heavy atom. The van der Waals surface area contributed by atoms with Crippen LogP contribution in [0.25, 0.3) is 10.6 Å². The molecule has 1 aliphatic rings. The second-order valence-corrected chi connectivity index (χ2v) is 10.6. The molecule has 2 N–H and O–H groups in total. The molecule has 0 radical (unpaired) electrons. The van der Waals surface area contributed by atoms with Crippen LogP contribution in [0.2, 0.25) is 0 Å². The normalized spacial score (nSPS) is 14.8. The van der Waals surface area contributed by atoms with Crippen molar-refractivity contribution in [3.63, 3.8) is 0 Å². The second-order valence-electron chi connectivity index (χ2n) is 6.82. The van der Waals surface area contributed by atoms with E-state index in [0.717, 1.165) is 34.1 Å². The van der Waals surface area contributed by atoms with Gasteiger partial charge in [-0.25, -0.2) is 18.4 Å². The Morgan fingerprint density at radius 3 is 2.50 bits per heavy atom. The standard InChI is InChI=1S/C20H20N4O3S3/c21-19(25)14-3-5-15(6-4-14)20-23-16(13-29-20)12-28-18-8-7-17(11-22-18)30(26,27)24-9-1-2-10-24/h3-8,11,13H,1-2,9-10,12H2,(H2,21,25). The van der Waals surface area contributed by atoms with Gasteiger partial charge in [0.2, 0.25) is 15.9 Å². The van der Waals surface area contributed by atoms with Crippen LogP contribution < -0.4 is 5.73 Å². The summed E-state index contributed by atoms with van der Waals surface area (Å²) in [5.74, 6) is 0.172. The molecule has 0 saturated carbocycles. The van der Waals surface area contributed by atoms with Crippen molar-refractivity contribution < 1.29 is 13.2 Å². The van der Waals surface area contributed by atoms with E-state index in [1.54, 1.807) is 24.3 Å². The Bertz CT molecular complexity index is 1140. The van der Waals surface area contributed by atoms with Crippen LogP contribution in [-0.2, 0) is 15.8 Å². The highest BCUT2D eigenvalue weighted by Gasteiger charge is 2.27. The van der Waals surface area contributed by atoms with E-state index in [-0.39, 0.29) is 4.90 Å². The molecular weight excluding hydrogens is 440 g/mol. The lowest BCUT2D eigenvalue weighted by Gasteiger charge is -2.15. The first-order valence-electron chi connectivity index (χ1n) is 9.37. The Balaban J connectivity index is 1.39. The van der Waals surface area contributed by atoms with Crippen molar-refractivity contribution in [2.45, 2.75) is 28.5 Å². The van der Waals surface area contributed by atoms with Crippen LogP contribution in [0.4, 0.5) is 0 Å². The van der Waals surface area contributed by atoms with Crippen LogP contribution in [-0.4, -0.2) is 41.7 Å². The highest BCUT2D eigenvalue weighted by molar-refractivity contribution is 7.98. The molecule has 1 amide bonds. The van der Waals surface area contributed by atoms with Crippen molar-refractivity contribution in [2.24, 2.45) is 5.73 Å². The number of primary amides is 1. The monoisotopic (exact) mass is 460 g/mol. The van der Waals surface area contributed by atoms with Crippen molar-refractivity contribution in [2.75, 3.05) is 13.1 Å². The maximum absolute atomic E-state index is 12.6. The number of benzene rings is 1. The smallest absolute Gasteiger partial charge is 0.248 e. The topological polar surface area (TPSA) is 106 Å². The third-order valence-electron chi connectivity index (χ3n) is 4.75. The molecular formula is C20H20N4O3S3. The number of hydrogen-bond acceptors (Lipinski definition) is 7. The first kappa shape index (κ1) is 21.0. The highest BCUT2D eigenvalue weighted by atomic mass is 32.2. The van der Waals surface area contributed by atoms with Crippen molar-refractivity contribution in [3.8, 4) is 10.6 Å². The van der Waals surface area contributed by atoms with Gasteiger partial charge in [0.1, 0.15) is 9.90 Å². The number of amides is 1. The fourth-order valence-corrected chi connectivity index (χ4v) is 6.24. The molecule has 0 unspecified atom stereocenters. The molecule has 2 aromatic heterocycles. The molecule has 0 atom stereocenters. The average molecular weight is 461 g/mol. The van der Waals surface area contributed by atoms with Crippen molar-refractivity contribution in [3.05, 3.63) is 59.2 Å². The lowest BCUT2D eigenvalue weighted by atomic mass is 10.1. The van der Waals surface area contributed by atoms with E-state index in [9.17, 15) is 13.2 Å². The van der Waals surface area contributed by atoms with E-state index >= 15 is 0 Å². The molecule has 3 aromatic rings. The number of pyridine rings is 1. The number of carbonyl (C=O) groups excluding carboxylic acids is 1. The molecule has 0 bridgehead atoms. The zero-order valence-electron chi connectivity index (χ0n) is 16.0. The van der Waals surface area contributed by atoms with Crippen LogP contribution in [0.3, 0.4) is 0 Å². The lowest BCUT2D eigenvalue weighted by Crippen LogP contribution is -2.27. The SMILES string of the molecule is NC(=O)c1ccc(-c2nc(CSc3ccc(S(=O)(=O)N4CCCC4)cn3)cs2)cc1. The number of hydrogen-bond donors (Lipinski definition) is 1. The van der Waals surface area contributed by atoms with Crippen LogP contribution in [0.5, 0.6) is 0 Å². The summed E-state index contributed by atoms with van der Waals surface area (Å²) in [7, 11) is -3.44. The van der Waals surface area contributed by atoms with Gasteiger partial charge in [0.25, 0.3) is 0 Å². The van der Waals surface area contributed by atoms with Gasteiger partial charge in [-0.15, -0.1) is 23.1 Å². The van der Waals surface area contributed by atoms with Gasteiger partial charge in [-0.1, -0.05) is 12.1 Å². The molecule has 1 saturated heterocycles. The number of rotatable bonds is 7. The number of aromatic nitrogens is 2. The summed E-state index contributed by atoms with van der Waals surface area (Å²) in [6.07, 6.45) is 3.25. The number of thiazole rings is 1. The van der Waals surface area contributed by atoms with Gasteiger partial charge in [-0.2, -0.15) is 4.31 Å². The van der Waals surface area contributed by atoms with Gasteiger partial charge in [0.05, 0.1) is 10.7 Å². The number of sulfonamides is 1. The third-order valence-corrected chi connectivity index (χ3v) is 8.55. The van der Waals surface area contributed by atoms with E-state index in [1.807, 2.05) is 17.5 Å². The van der Waals surface area contributed by atoms with Crippen LogP contribution in [0.15, 0.2) is 57.9 Å². The molecule has 4 rings (SSSR count). The summed E-state index contributed by atoms with van der Waals surface area (Å²) >= 11 is 3.03. The number of thioether (sulfide) groups is 1. The molecule has 1 fully saturated rings. The minimum atomic E-state index is -3.44. The molecule has 1 aromatic carbocycles. The molecule has 0 spiro atoms. The molecule has 10 heteroatoms. The Kier molecular flexibility index (Phi) is 6.19. The van der Waals surface area contributed by atoms with Gasteiger partial charge >= 0.3 is 0 Å². The van der Waals surface area contributed by atoms with Crippen LogP contribution in [0.1, 0.15) is 28.9 Å². The van der Waals surface area contributed by atoms with E-state index in [2.05, 4.69) is 9.97 Å². The highest BCUT2D eigenvalue weighted by Crippen LogP contribution is 2.28. The average Bonchev–Trinajstić information content (AvgIpc) is 3.45. The zero-order valence-corrected chi connectivity index (χ0v) is 18.5. The quantitative estimate of drug-likeness (QED) is 0.542. The van der Waals surface area contributed by atoms with E-state index in [0.29, 0.717) is 24.4 Å². The van der Waals surface area contributed by atoms with Gasteiger partial charge in [0.15, 0.2) is 0 Å². The van der Waals surface area contributed by atoms with Gasteiger partial charge < -0.3 is 5.73 Å². The van der Waals surface area contributed by atoms with Gasteiger partial charge in [-0.05, 0) is 37.1 Å². The van der Waals surface area contributed by atoms with E-state index in [1.165, 1.54) is 33.6 Å². The Hall–Kier alpha value is -2.27. The second kappa shape index (κ2) is 8.84. The largest absolute Gasteiger partial charge is 0.366 e. The predicted molar refractivity (Wildman–Crippen MR) is 118 cm³/mol. The summed E-state index contributed by atoms with van der Waals surface area (Å²) < 4.78 is 26.6. The summed E-state index contributed by atoms with van der Waals surface area (Å²) in [6, 6.07) is 10.4. The molecule has 3 heterocycles. The molecule has 0 aliphatic carbocycles. The van der Waals surface area contributed by atoms with Crippen molar-refractivity contribution >= 4 is 39.0 Å². The maximum Gasteiger partial charge on any atom is 0.248 e. The first-order valence-corrected chi connectivity index (χ1v) is 12.7. The molecule has 1 aliphatic heterocycles. The minimum Gasteiger partial charge on any atom is -0.366 e. The van der Waals surface area contributed by atoms with E-state index in [4.69, 9.17) is 5.73 Å². The maximum atomic E-state index is 12.6. The van der Waals surface area contributed by atoms with Gasteiger partial charge in [0, 0.05) is 41.5 Å². The number of nitrogens with zero attached hydrogens (tertiary/aromatic N) is 3. The lowest BCUT2D eigenvalue weighted by molar-refractivity contribution is 0.100. The minimum absolute atomic E-state index is 0.240. The summed E-state index contributed by atoms with van der Waals surface area (Å²) in [5, 5.41) is 3.59. The van der Waals surface area contributed by atoms with E-state index < -0.39 is 15.9 Å². The fourth-order valence-electron chi connectivity index (χ4n) is 3.11. The Morgan fingerprint density at radius 2 is 1.87 bits per heavy atom. The summed E-state index contributed by atoms with van der Waals surface area (Å²) in [4.78, 5) is 20.4. The number of carbonyl (C=O) groups is 1. The summed E-state index contributed by atoms with van der Waals surface area (Å²) in [6.45, 7) is 1.16. The third kappa shape index (κ3) is 4.56. The molecule has 156 valence electrons. The van der Waals surface area contributed by atoms with Gasteiger partial charge in [-0.3, -0.25) is 4.79 Å². The Labute approximate surface area is 183 Å². The van der Waals surface area contributed by atoms with Crippen molar-refractivity contribution in [1.82, 2.24) is 14.3 Å². The number of nitrogens with two attached hydrogens (primary N) is 1. The van der Waals surface area contributed by atoms with Crippen LogP contribution >= 0.6 is 23.1 Å². The first-order chi connectivity index (χ1) is 14.4. The van der Waals surface area contributed by atoms with Crippen molar-refractivity contribution in [1.29, 1.82) is 0 Å². The molecule has 30 heavy (non-hydrogen) atoms. The predicted octanol–water partition coefficient (Wildman–Crippen LogP) is 3.38. The summed E-state index contributed by atoms with van der Waals surface area (Å²) in [5.41, 5.74) is 7.57.